The Morgan fingerprint density at radius 2 is 1.45 bits per heavy atom. The molecule has 0 aliphatic heterocycles. The number of rotatable bonds is 6. The first-order valence-electron chi connectivity index (χ1n) is 9.23. The maximum atomic E-state index is 12.3. The highest BCUT2D eigenvalue weighted by molar-refractivity contribution is 5.95. The molecule has 0 fully saturated rings. The number of nitro benzene ring substituents is 1. The number of benzene rings is 3. The number of nitro groups is 1. The van der Waals surface area contributed by atoms with Crippen molar-refractivity contribution in [2.75, 3.05) is 0 Å². The van der Waals surface area contributed by atoms with E-state index in [2.05, 4.69) is 10.2 Å². The number of carbonyl (C=O) groups is 1. The lowest BCUT2D eigenvalue weighted by Gasteiger charge is -2.07. The van der Waals surface area contributed by atoms with Gasteiger partial charge in [0.1, 0.15) is 17.1 Å². The molecule has 3 aromatic carbocycles. The van der Waals surface area contributed by atoms with E-state index in [4.69, 9.17) is 9.47 Å². The average molecular weight is 413 g/mol. The van der Waals surface area contributed by atoms with E-state index in [0.29, 0.717) is 11.4 Å². The maximum Gasteiger partial charge on any atom is 0.351 e. The third-order valence-corrected chi connectivity index (χ3v) is 4.29. The molecule has 0 N–H and O–H groups in total. The second-order valence-electron chi connectivity index (χ2n) is 6.36. The third kappa shape index (κ3) is 4.70. The summed E-state index contributed by atoms with van der Waals surface area (Å²) in [6.07, 6.45) is 0. The number of para-hydroxylation sites is 2. The molecule has 0 unspecified atom stereocenters. The zero-order valence-corrected chi connectivity index (χ0v) is 16.0. The summed E-state index contributed by atoms with van der Waals surface area (Å²) in [6, 6.07) is 25.4. The van der Waals surface area contributed by atoms with Crippen LogP contribution in [0.2, 0.25) is 0 Å². The van der Waals surface area contributed by atoms with Crippen LogP contribution in [-0.4, -0.2) is 21.1 Å². The number of ether oxygens (including phenoxy) is 2. The van der Waals surface area contributed by atoms with Crippen molar-refractivity contribution in [3.63, 3.8) is 0 Å². The van der Waals surface area contributed by atoms with Gasteiger partial charge in [-0.3, -0.25) is 10.1 Å². The number of hydrogen-bond donors (Lipinski definition) is 0. The fourth-order valence-corrected chi connectivity index (χ4v) is 2.80. The Kier molecular flexibility index (Phi) is 5.62. The predicted octanol–water partition coefficient (Wildman–Crippen LogP) is 5.06. The maximum absolute atomic E-state index is 12.3. The normalized spacial score (nSPS) is 10.3. The van der Waals surface area contributed by atoms with Gasteiger partial charge in [-0.1, -0.05) is 30.3 Å². The number of aromatic nitrogens is 2. The lowest BCUT2D eigenvalue weighted by Crippen LogP contribution is -2.12. The second kappa shape index (κ2) is 8.83. The largest absolute Gasteiger partial charge is 0.457 e. The minimum atomic E-state index is -0.878. The molecule has 4 rings (SSSR count). The Labute approximate surface area is 176 Å². The zero-order valence-electron chi connectivity index (χ0n) is 16.0. The van der Waals surface area contributed by atoms with Gasteiger partial charge in [0.15, 0.2) is 0 Å². The number of nitrogens with zero attached hydrogens (tertiary/aromatic N) is 3. The Morgan fingerprint density at radius 3 is 2.13 bits per heavy atom. The quantitative estimate of drug-likeness (QED) is 0.247. The van der Waals surface area contributed by atoms with Gasteiger partial charge in [-0.25, -0.2) is 4.79 Å². The topological polar surface area (TPSA) is 104 Å². The molecule has 0 aliphatic carbocycles. The van der Waals surface area contributed by atoms with Gasteiger partial charge in [0.05, 0.1) is 10.6 Å². The van der Waals surface area contributed by atoms with Gasteiger partial charge < -0.3 is 9.47 Å². The van der Waals surface area contributed by atoms with E-state index in [1.165, 1.54) is 30.3 Å². The molecule has 0 aliphatic rings. The van der Waals surface area contributed by atoms with Crippen LogP contribution < -0.4 is 9.47 Å². The van der Waals surface area contributed by atoms with Crippen molar-refractivity contribution in [1.29, 1.82) is 0 Å². The van der Waals surface area contributed by atoms with Crippen molar-refractivity contribution in [3.05, 3.63) is 107 Å². The molecule has 0 bridgehead atoms. The van der Waals surface area contributed by atoms with Gasteiger partial charge >= 0.3 is 5.97 Å². The molecule has 152 valence electrons. The van der Waals surface area contributed by atoms with Crippen molar-refractivity contribution >= 4 is 11.7 Å². The van der Waals surface area contributed by atoms with Gasteiger partial charge in [0, 0.05) is 17.7 Å². The molecule has 0 radical (unpaired) electrons. The summed E-state index contributed by atoms with van der Waals surface area (Å²) >= 11 is 0. The van der Waals surface area contributed by atoms with Crippen molar-refractivity contribution in [2.24, 2.45) is 0 Å². The first-order chi connectivity index (χ1) is 15.1. The van der Waals surface area contributed by atoms with Crippen LogP contribution >= 0.6 is 0 Å². The minimum absolute atomic E-state index is 0.0593. The molecule has 0 spiro atoms. The number of carbonyl (C=O) groups excluding carboxylic acids is 1. The van der Waals surface area contributed by atoms with Crippen LogP contribution in [0.25, 0.3) is 11.3 Å². The van der Waals surface area contributed by atoms with Gasteiger partial charge in [-0.2, -0.15) is 0 Å². The summed E-state index contributed by atoms with van der Waals surface area (Å²) in [4.78, 5) is 22.7. The predicted molar refractivity (Wildman–Crippen MR) is 112 cm³/mol. The Bertz CT molecular complexity index is 1210. The van der Waals surface area contributed by atoms with Crippen LogP contribution in [0.5, 0.6) is 17.4 Å². The van der Waals surface area contributed by atoms with E-state index in [0.717, 1.165) is 11.3 Å². The monoisotopic (exact) mass is 413 g/mol. The molecule has 0 saturated heterocycles. The number of hydrogen-bond acceptors (Lipinski definition) is 7. The fraction of sp³-hybridized carbons (Fsp3) is 0. The summed E-state index contributed by atoms with van der Waals surface area (Å²) < 4.78 is 10.9. The van der Waals surface area contributed by atoms with E-state index < -0.39 is 10.9 Å². The summed E-state index contributed by atoms with van der Waals surface area (Å²) in [6.45, 7) is 0. The minimum Gasteiger partial charge on any atom is -0.457 e. The fourth-order valence-electron chi connectivity index (χ4n) is 2.80. The Morgan fingerprint density at radius 1 is 0.774 bits per heavy atom. The molecule has 1 heterocycles. The van der Waals surface area contributed by atoms with Crippen LogP contribution in [0.1, 0.15) is 10.4 Å². The van der Waals surface area contributed by atoms with E-state index in [-0.39, 0.29) is 17.1 Å². The third-order valence-electron chi connectivity index (χ3n) is 4.29. The molecular weight excluding hydrogens is 398 g/mol. The van der Waals surface area contributed by atoms with Gasteiger partial charge in [0.2, 0.25) is 5.88 Å². The molecule has 8 heteroatoms. The Hall–Kier alpha value is -4.59. The van der Waals surface area contributed by atoms with Crippen LogP contribution in [0.15, 0.2) is 91.0 Å². The lowest BCUT2D eigenvalue weighted by molar-refractivity contribution is -0.385. The Balaban J connectivity index is 1.45. The molecule has 0 amide bonds. The van der Waals surface area contributed by atoms with Crippen molar-refractivity contribution in [2.45, 2.75) is 0 Å². The van der Waals surface area contributed by atoms with E-state index in [9.17, 15) is 14.9 Å². The summed E-state index contributed by atoms with van der Waals surface area (Å²) in [5.74, 6) is 0.477. The smallest absolute Gasteiger partial charge is 0.351 e. The second-order valence-corrected chi connectivity index (χ2v) is 6.36. The van der Waals surface area contributed by atoms with Gasteiger partial charge in [0.25, 0.3) is 5.69 Å². The SMILES string of the molecule is O=C(Oc1ccc(-c2ccc(Oc3ccccc3)cc2)nn1)c1ccccc1[N+](=O)[O-]. The van der Waals surface area contributed by atoms with Crippen LogP contribution in [0.4, 0.5) is 5.69 Å². The molecule has 0 atom stereocenters. The lowest BCUT2D eigenvalue weighted by atomic mass is 10.1. The van der Waals surface area contributed by atoms with E-state index >= 15 is 0 Å². The zero-order chi connectivity index (χ0) is 21.6. The highest BCUT2D eigenvalue weighted by Crippen LogP contribution is 2.25. The van der Waals surface area contributed by atoms with E-state index in [1.54, 1.807) is 6.07 Å². The van der Waals surface area contributed by atoms with Crippen LogP contribution in [0, 0.1) is 10.1 Å². The molecule has 1 aromatic heterocycles. The first-order valence-corrected chi connectivity index (χ1v) is 9.23. The summed E-state index contributed by atoms with van der Waals surface area (Å²) in [5, 5.41) is 19.0. The van der Waals surface area contributed by atoms with Crippen molar-refractivity contribution in [3.8, 4) is 28.6 Å². The molecular formula is C23H15N3O5. The molecule has 4 aromatic rings. The van der Waals surface area contributed by atoms with Gasteiger partial charge in [-0.05, 0) is 48.5 Å². The standard InChI is InChI=1S/C23H15N3O5/c27-23(19-8-4-5-9-21(19)26(28)29)31-22-15-14-20(24-25-22)16-10-12-18(13-11-16)30-17-6-2-1-3-7-17/h1-15H. The van der Waals surface area contributed by atoms with Crippen LogP contribution in [0.3, 0.4) is 0 Å². The summed E-state index contributed by atoms with van der Waals surface area (Å²) in [5.41, 5.74) is 0.864. The van der Waals surface area contributed by atoms with Crippen molar-refractivity contribution < 1.29 is 19.2 Å². The highest BCUT2D eigenvalue weighted by atomic mass is 16.6. The first kappa shape index (κ1) is 19.7. The molecule has 0 saturated carbocycles. The van der Waals surface area contributed by atoms with Gasteiger partial charge in [-0.15, -0.1) is 10.2 Å². The molecule has 31 heavy (non-hydrogen) atoms. The average Bonchev–Trinajstić information content (AvgIpc) is 2.81. The molecule has 8 nitrogen and oxygen atoms in total. The van der Waals surface area contributed by atoms with E-state index in [1.807, 2.05) is 54.6 Å². The number of esters is 1. The van der Waals surface area contributed by atoms with Crippen molar-refractivity contribution in [1.82, 2.24) is 10.2 Å². The summed E-state index contributed by atoms with van der Waals surface area (Å²) in [7, 11) is 0. The highest BCUT2D eigenvalue weighted by Gasteiger charge is 2.21. The van der Waals surface area contributed by atoms with Crippen LogP contribution in [-0.2, 0) is 0 Å².